The van der Waals surface area contributed by atoms with Crippen LogP contribution in [0.4, 0.5) is 5.69 Å². The van der Waals surface area contributed by atoms with Gasteiger partial charge in [-0.1, -0.05) is 54.4 Å². The number of amides is 2. The van der Waals surface area contributed by atoms with Crippen LogP contribution in [0.25, 0.3) is 0 Å². The molecule has 186 valence electrons. The number of nitrogens with zero attached hydrogens (tertiary/aromatic N) is 3. The smallest absolute Gasteiger partial charge is 0.304 e. The van der Waals surface area contributed by atoms with Crippen LogP contribution in [0.2, 0.25) is 10.0 Å². The molecule has 8 nitrogen and oxygen atoms in total. The second-order valence-electron chi connectivity index (χ2n) is 7.82. The van der Waals surface area contributed by atoms with Gasteiger partial charge in [0.05, 0.1) is 5.69 Å². The van der Waals surface area contributed by atoms with Crippen LogP contribution >= 0.6 is 23.2 Å². The van der Waals surface area contributed by atoms with Crippen LogP contribution in [0, 0.1) is 0 Å². The number of carbonyl (C=O) groups is 2. The van der Waals surface area contributed by atoms with Crippen molar-refractivity contribution < 1.29 is 18.0 Å². The topological polar surface area (TPSA) is 90.0 Å². The monoisotopic (exact) mass is 528 g/mol. The van der Waals surface area contributed by atoms with Gasteiger partial charge in [-0.05, 0) is 37.6 Å². The Balaban J connectivity index is 2.47. The normalized spacial score (nSPS) is 12.3. The molecule has 2 aromatic rings. The molecule has 34 heavy (non-hydrogen) atoms. The number of nitrogens with one attached hydrogen (secondary N) is 1. The third kappa shape index (κ3) is 6.85. The summed E-state index contributed by atoms with van der Waals surface area (Å²) in [5.74, 6) is -0.940. The Morgan fingerprint density at radius 2 is 1.59 bits per heavy atom. The Morgan fingerprint density at radius 3 is 2.12 bits per heavy atom. The molecule has 0 aliphatic rings. The van der Waals surface area contributed by atoms with Gasteiger partial charge in [0.2, 0.25) is 11.8 Å². The van der Waals surface area contributed by atoms with Gasteiger partial charge < -0.3 is 10.2 Å². The molecule has 0 aliphatic heterocycles. The minimum Gasteiger partial charge on any atom is -0.354 e. The van der Waals surface area contributed by atoms with Gasteiger partial charge >= 0.3 is 10.2 Å². The Labute approximate surface area is 211 Å². The van der Waals surface area contributed by atoms with Gasteiger partial charge in [-0.2, -0.15) is 12.7 Å². The summed E-state index contributed by atoms with van der Waals surface area (Å²) < 4.78 is 28.2. The fourth-order valence-electron chi connectivity index (χ4n) is 3.14. The van der Waals surface area contributed by atoms with Gasteiger partial charge in [-0.3, -0.25) is 9.59 Å². The Kier molecular flexibility index (Phi) is 10.2. The molecule has 0 aromatic heterocycles. The van der Waals surface area contributed by atoms with Crippen LogP contribution in [0.5, 0.6) is 0 Å². The van der Waals surface area contributed by atoms with Crippen LogP contribution < -0.4 is 9.62 Å². The maximum Gasteiger partial charge on any atom is 0.304 e. The molecule has 2 amide bonds. The maximum atomic E-state index is 13.6. The first-order valence-electron chi connectivity index (χ1n) is 10.8. The van der Waals surface area contributed by atoms with Crippen LogP contribution in [-0.2, 0) is 26.3 Å². The summed E-state index contributed by atoms with van der Waals surface area (Å²) in [5.41, 5.74) is 0.791. The number of hydrogen-bond acceptors (Lipinski definition) is 4. The van der Waals surface area contributed by atoms with E-state index in [9.17, 15) is 18.0 Å². The number of benzene rings is 2. The number of para-hydroxylation sites is 1. The highest BCUT2D eigenvalue weighted by atomic mass is 35.5. The molecule has 0 fully saturated rings. The highest BCUT2D eigenvalue weighted by Crippen LogP contribution is 2.27. The summed E-state index contributed by atoms with van der Waals surface area (Å²) in [5, 5.41) is 3.46. The van der Waals surface area contributed by atoms with E-state index in [4.69, 9.17) is 23.2 Å². The zero-order valence-corrected chi connectivity index (χ0v) is 22.0. The van der Waals surface area contributed by atoms with E-state index in [1.165, 1.54) is 19.0 Å². The maximum absolute atomic E-state index is 13.6. The predicted octanol–water partition coefficient (Wildman–Crippen LogP) is 3.55. The van der Waals surface area contributed by atoms with Crippen molar-refractivity contribution in [3.05, 3.63) is 64.1 Å². The second kappa shape index (κ2) is 12.4. The van der Waals surface area contributed by atoms with E-state index in [0.717, 1.165) is 15.0 Å². The van der Waals surface area contributed by atoms with Gasteiger partial charge in [0, 0.05) is 42.8 Å². The number of anilines is 1. The van der Waals surface area contributed by atoms with Gasteiger partial charge in [0.1, 0.15) is 12.6 Å². The van der Waals surface area contributed by atoms with Gasteiger partial charge in [-0.25, -0.2) is 4.31 Å². The van der Waals surface area contributed by atoms with Crippen molar-refractivity contribution in [3.63, 3.8) is 0 Å². The fraction of sp³-hybridized carbons (Fsp3) is 0.391. The van der Waals surface area contributed by atoms with Crippen molar-refractivity contribution in [1.29, 1.82) is 0 Å². The summed E-state index contributed by atoms with van der Waals surface area (Å²) >= 11 is 12.7. The molecule has 0 bridgehead atoms. The lowest BCUT2D eigenvalue weighted by Gasteiger charge is -2.33. The lowest BCUT2D eigenvalue weighted by molar-refractivity contribution is -0.139. The molecule has 0 radical (unpaired) electrons. The molecule has 2 aromatic carbocycles. The zero-order valence-electron chi connectivity index (χ0n) is 19.7. The first kappa shape index (κ1) is 27.9. The Bertz CT molecular complexity index is 1080. The van der Waals surface area contributed by atoms with Crippen molar-refractivity contribution in [1.82, 2.24) is 14.5 Å². The van der Waals surface area contributed by atoms with E-state index >= 15 is 0 Å². The Hall–Kier alpha value is -2.33. The fourth-order valence-corrected chi connectivity index (χ4v) is 4.72. The molecule has 0 spiro atoms. The molecule has 1 atom stereocenters. The lowest BCUT2D eigenvalue weighted by Crippen LogP contribution is -2.52. The highest BCUT2D eigenvalue weighted by Gasteiger charge is 2.33. The molecule has 0 saturated carbocycles. The molecular formula is C23H30Cl2N4O4S. The quantitative estimate of drug-likeness (QED) is 0.482. The van der Waals surface area contributed by atoms with Crippen LogP contribution in [0.3, 0.4) is 0 Å². The standard InChI is InChI=1S/C23H30Cl2N4O4S/c1-5-14-26-23(31)17(2)28(15-19-20(24)12-9-13-21(19)25)22(30)16-29(34(32,33)27(3)4)18-10-7-6-8-11-18/h6-13,17H,5,14-16H2,1-4H3,(H,26,31). The number of carbonyl (C=O) groups excluding carboxylic acids is 2. The number of halogens is 2. The summed E-state index contributed by atoms with van der Waals surface area (Å²) in [7, 11) is -1.23. The molecule has 0 saturated heterocycles. The first-order chi connectivity index (χ1) is 16.0. The summed E-state index contributed by atoms with van der Waals surface area (Å²) in [6, 6.07) is 12.4. The molecule has 11 heteroatoms. The second-order valence-corrected chi connectivity index (χ2v) is 10.7. The number of hydrogen-bond donors (Lipinski definition) is 1. The molecule has 1 unspecified atom stereocenters. The van der Waals surface area contributed by atoms with E-state index in [1.807, 2.05) is 6.92 Å². The number of rotatable bonds is 11. The lowest BCUT2D eigenvalue weighted by atomic mass is 10.1. The van der Waals surface area contributed by atoms with Crippen molar-refractivity contribution in [2.24, 2.45) is 0 Å². The average molecular weight is 529 g/mol. The minimum atomic E-state index is -4.00. The van der Waals surface area contributed by atoms with E-state index < -0.39 is 28.7 Å². The van der Waals surface area contributed by atoms with E-state index in [1.54, 1.807) is 55.5 Å². The molecule has 1 N–H and O–H groups in total. The Morgan fingerprint density at radius 1 is 1.00 bits per heavy atom. The van der Waals surface area contributed by atoms with Crippen LogP contribution in [0.15, 0.2) is 48.5 Å². The van der Waals surface area contributed by atoms with Crippen molar-refractivity contribution in [3.8, 4) is 0 Å². The van der Waals surface area contributed by atoms with E-state index in [-0.39, 0.29) is 12.5 Å². The minimum absolute atomic E-state index is 0.0668. The largest absolute Gasteiger partial charge is 0.354 e. The van der Waals surface area contributed by atoms with Gasteiger partial charge in [0.15, 0.2) is 0 Å². The summed E-state index contributed by atoms with van der Waals surface area (Å²) in [4.78, 5) is 27.6. The molecule has 0 aliphatic carbocycles. The van der Waals surface area contributed by atoms with Gasteiger partial charge in [0.25, 0.3) is 0 Å². The predicted molar refractivity (Wildman–Crippen MR) is 136 cm³/mol. The molecule has 2 rings (SSSR count). The summed E-state index contributed by atoms with van der Waals surface area (Å²) in [6.45, 7) is 3.37. The van der Waals surface area contributed by atoms with E-state index in [0.29, 0.717) is 27.8 Å². The first-order valence-corrected chi connectivity index (χ1v) is 12.9. The molecular weight excluding hydrogens is 499 g/mol. The van der Waals surface area contributed by atoms with Gasteiger partial charge in [-0.15, -0.1) is 0 Å². The van der Waals surface area contributed by atoms with Crippen molar-refractivity contribution in [2.75, 3.05) is 31.5 Å². The molecule has 0 heterocycles. The average Bonchev–Trinajstić information content (AvgIpc) is 2.80. The van der Waals surface area contributed by atoms with Crippen LogP contribution in [-0.4, -0.2) is 62.7 Å². The SMILES string of the molecule is CCCNC(=O)C(C)N(Cc1c(Cl)cccc1Cl)C(=O)CN(c1ccccc1)S(=O)(=O)N(C)C. The third-order valence-corrected chi connectivity index (χ3v) is 7.70. The van der Waals surface area contributed by atoms with Crippen molar-refractivity contribution >= 4 is 50.9 Å². The third-order valence-electron chi connectivity index (χ3n) is 5.17. The highest BCUT2D eigenvalue weighted by molar-refractivity contribution is 7.90. The van der Waals surface area contributed by atoms with Crippen LogP contribution in [0.1, 0.15) is 25.8 Å². The zero-order chi connectivity index (χ0) is 25.5. The van der Waals surface area contributed by atoms with Crippen molar-refractivity contribution in [2.45, 2.75) is 32.9 Å². The summed E-state index contributed by atoms with van der Waals surface area (Å²) in [6.07, 6.45) is 0.728. The van der Waals surface area contributed by atoms with E-state index in [2.05, 4.69) is 5.32 Å².